The van der Waals surface area contributed by atoms with Crippen molar-refractivity contribution in [1.82, 2.24) is 4.90 Å². The molecular weight excluding hydrogens is 518 g/mol. The summed E-state index contributed by atoms with van der Waals surface area (Å²) in [5.74, 6) is 2.88. The van der Waals surface area contributed by atoms with Crippen LogP contribution in [0.5, 0.6) is 5.75 Å². The largest absolute Gasteiger partial charge is 0.489 e. The van der Waals surface area contributed by atoms with Crippen molar-refractivity contribution in [2.24, 2.45) is 0 Å². The lowest BCUT2D eigenvalue weighted by atomic mass is 9.74. The van der Waals surface area contributed by atoms with Crippen molar-refractivity contribution in [2.45, 2.75) is 78.4 Å². The van der Waals surface area contributed by atoms with Gasteiger partial charge >= 0.3 is 5.97 Å². The lowest BCUT2D eigenvalue weighted by Gasteiger charge is -2.39. The number of likely N-dealkylation sites (tertiary alicyclic amines) is 1. The molecule has 3 aromatic rings. The standard InChI is InChI=1S/C34H35NO3.2C2H6/c1-3-28(23-33(36)37-4-2)29-13-15-31(16-14-29)38-25-27-11-9-26(10-12-27)24-35-21-19-34(20-22-35)18-17-30-7-5-6-8-32(30)34;2*1-2/h1,5-18,28H,4,19-25H2,2H3;2*1-2H3/t28-;;/m0../s1. The van der Waals surface area contributed by atoms with Crippen molar-refractivity contribution < 1.29 is 14.3 Å². The van der Waals surface area contributed by atoms with Crippen LogP contribution in [0.3, 0.4) is 0 Å². The Bertz CT molecular complexity index is 1310. The summed E-state index contributed by atoms with van der Waals surface area (Å²) >= 11 is 0. The number of benzene rings is 3. The average molecular weight is 566 g/mol. The van der Waals surface area contributed by atoms with Crippen molar-refractivity contribution in [2.75, 3.05) is 19.7 Å². The van der Waals surface area contributed by atoms with Gasteiger partial charge in [0.2, 0.25) is 0 Å². The Hall–Kier alpha value is -3.81. The Labute approximate surface area is 253 Å². The van der Waals surface area contributed by atoms with Crippen LogP contribution < -0.4 is 4.74 Å². The lowest BCUT2D eigenvalue weighted by molar-refractivity contribution is -0.143. The first-order valence-electron chi connectivity index (χ1n) is 15.5. The number of allylic oxidation sites excluding steroid dienone is 1. The average Bonchev–Trinajstić information content (AvgIpc) is 3.41. The summed E-state index contributed by atoms with van der Waals surface area (Å²) in [6, 6.07) is 25.2. The number of piperidine rings is 1. The normalized spacial score (nSPS) is 15.2. The molecule has 1 saturated heterocycles. The maximum Gasteiger partial charge on any atom is 0.307 e. The molecule has 1 aliphatic carbocycles. The van der Waals surface area contributed by atoms with E-state index >= 15 is 0 Å². The van der Waals surface area contributed by atoms with Crippen LogP contribution in [-0.2, 0) is 28.1 Å². The molecule has 3 aromatic carbocycles. The van der Waals surface area contributed by atoms with Crippen molar-refractivity contribution in [3.05, 3.63) is 107 Å². The summed E-state index contributed by atoms with van der Waals surface area (Å²) in [5.41, 5.74) is 6.50. The van der Waals surface area contributed by atoms with Crippen molar-refractivity contribution >= 4 is 12.0 Å². The molecule has 4 heteroatoms. The molecule has 2 aliphatic rings. The molecule has 0 unspecified atom stereocenters. The molecule has 0 N–H and O–H groups in total. The molecule has 1 spiro atoms. The SMILES string of the molecule is C#C[C@@H](CC(=O)OCC)c1ccc(OCc2ccc(CN3CCC4(C=Cc5ccccc54)CC3)cc2)cc1.CC.CC. The van der Waals surface area contributed by atoms with Crippen LogP contribution in [-0.4, -0.2) is 30.6 Å². The first-order valence-corrected chi connectivity index (χ1v) is 15.5. The third-order valence-corrected chi connectivity index (χ3v) is 7.82. The highest BCUT2D eigenvalue weighted by Gasteiger charge is 2.37. The summed E-state index contributed by atoms with van der Waals surface area (Å²) < 4.78 is 11.0. The van der Waals surface area contributed by atoms with Crippen LogP contribution >= 0.6 is 0 Å². The molecule has 1 atom stereocenters. The zero-order valence-electron chi connectivity index (χ0n) is 26.1. The van der Waals surface area contributed by atoms with E-state index in [4.69, 9.17) is 15.9 Å². The van der Waals surface area contributed by atoms with E-state index in [1.54, 1.807) is 6.92 Å². The topological polar surface area (TPSA) is 38.8 Å². The van der Waals surface area contributed by atoms with Crippen LogP contribution in [0.4, 0.5) is 0 Å². The number of carbonyl (C=O) groups is 1. The van der Waals surface area contributed by atoms with Gasteiger partial charge < -0.3 is 9.47 Å². The van der Waals surface area contributed by atoms with Crippen LogP contribution in [0.2, 0.25) is 0 Å². The van der Waals surface area contributed by atoms with E-state index in [9.17, 15) is 4.79 Å². The Morgan fingerprint density at radius 2 is 1.57 bits per heavy atom. The van der Waals surface area contributed by atoms with Gasteiger partial charge in [-0.2, -0.15) is 0 Å². The second-order valence-corrected chi connectivity index (χ2v) is 10.3. The molecule has 1 heterocycles. The van der Waals surface area contributed by atoms with Gasteiger partial charge in [0.1, 0.15) is 12.4 Å². The maximum atomic E-state index is 11.8. The van der Waals surface area contributed by atoms with Crippen molar-refractivity contribution in [3.63, 3.8) is 0 Å². The van der Waals surface area contributed by atoms with Gasteiger partial charge in [0.15, 0.2) is 0 Å². The molecule has 1 aliphatic heterocycles. The predicted molar refractivity (Wildman–Crippen MR) is 174 cm³/mol. The third-order valence-electron chi connectivity index (χ3n) is 7.82. The van der Waals surface area contributed by atoms with E-state index in [1.807, 2.05) is 52.0 Å². The lowest BCUT2D eigenvalue weighted by Crippen LogP contribution is -2.40. The summed E-state index contributed by atoms with van der Waals surface area (Å²) in [7, 11) is 0. The number of hydrogen-bond donors (Lipinski definition) is 0. The number of ether oxygens (including phenoxy) is 2. The number of nitrogens with zero attached hydrogens (tertiary/aromatic N) is 1. The number of terminal acetylenes is 1. The highest BCUT2D eigenvalue weighted by atomic mass is 16.5. The predicted octanol–water partition coefficient (Wildman–Crippen LogP) is 8.55. The zero-order valence-corrected chi connectivity index (χ0v) is 26.1. The number of fused-ring (bicyclic) bond motifs is 2. The first-order chi connectivity index (χ1) is 20.6. The summed E-state index contributed by atoms with van der Waals surface area (Å²) in [6.07, 6.45) is 12.9. The van der Waals surface area contributed by atoms with Crippen LogP contribution in [0.15, 0.2) is 78.9 Å². The second-order valence-electron chi connectivity index (χ2n) is 10.3. The summed E-state index contributed by atoms with van der Waals surface area (Å²) in [6.45, 7) is 13.8. The smallest absolute Gasteiger partial charge is 0.307 e. The van der Waals surface area contributed by atoms with E-state index in [2.05, 4.69) is 71.5 Å². The van der Waals surface area contributed by atoms with Gasteiger partial charge in [-0.15, -0.1) is 6.42 Å². The summed E-state index contributed by atoms with van der Waals surface area (Å²) in [4.78, 5) is 14.4. The Balaban J connectivity index is 0.00000116. The van der Waals surface area contributed by atoms with E-state index in [0.29, 0.717) is 13.2 Å². The number of rotatable bonds is 9. The highest BCUT2D eigenvalue weighted by molar-refractivity contribution is 5.71. The van der Waals surface area contributed by atoms with Gasteiger partial charge in [-0.25, -0.2) is 0 Å². The molecule has 0 saturated carbocycles. The quantitative estimate of drug-likeness (QED) is 0.192. The molecular formula is C38H47NO3. The van der Waals surface area contributed by atoms with Gasteiger partial charge in [0.05, 0.1) is 18.9 Å². The minimum absolute atomic E-state index is 0.181. The van der Waals surface area contributed by atoms with E-state index in [1.165, 1.54) is 29.5 Å². The Kier molecular flexibility index (Phi) is 12.9. The highest BCUT2D eigenvalue weighted by Crippen LogP contribution is 2.43. The number of carbonyl (C=O) groups excluding carboxylic acids is 1. The van der Waals surface area contributed by atoms with E-state index in [-0.39, 0.29) is 23.7 Å². The fourth-order valence-electron chi connectivity index (χ4n) is 5.60. The molecule has 5 rings (SSSR count). The fourth-order valence-corrected chi connectivity index (χ4v) is 5.60. The molecule has 0 bridgehead atoms. The molecule has 0 radical (unpaired) electrons. The summed E-state index contributed by atoms with van der Waals surface area (Å²) in [5, 5.41) is 0. The monoisotopic (exact) mass is 565 g/mol. The van der Waals surface area contributed by atoms with Crippen LogP contribution in [0.1, 0.15) is 87.6 Å². The Morgan fingerprint density at radius 3 is 2.21 bits per heavy atom. The van der Waals surface area contributed by atoms with Crippen LogP contribution in [0, 0.1) is 12.3 Å². The van der Waals surface area contributed by atoms with Crippen LogP contribution in [0.25, 0.3) is 6.08 Å². The zero-order chi connectivity index (χ0) is 30.4. The second kappa shape index (κ2) is 16.6. The minimum atomic E-state index is -0.300. The van der Waals surface area contributed by atoms with Gasteiger partial charge in [0, 0.05) is 12.0 Å². The van der Waals surface area contributed by atoms with Gasteiger partial charge in [-0.05, 0) is 72.8 Å². The molecule has 42 heavy (non-hydrogen) atoms. The fraction of sp³-hybridized carbons (Fsp3) is 0.395. The first kappa shape index (κ1) is 32.7. The maximum absolute atomic E-state index is 11.8. The van der Waals surface area contributed by atoms with Gasteiger partial charge in [-0.1, -0.05) is 106 Å². The Morgan fingerprint density at radius 1 is 0.929 bits per heavy atom. The van der Waals surface area contributed by atoms with E-state index < -0.39 is 0 Å². The van der Waals surface area contributed by atoms with E-state index in [0.717, 1.165) is 36.5 Å². The molecule has 0 aromatic heterocycles. The van der Waals surface area contributed by atoms with Gasteiger partial charge in [0.25, 0.3) is 0 Å². The molecule has 222 valence electrons. The number of esters is 1. The molecule has 4 nitrogen and oxygen atoms in total. The van der Waals surface area contributed by atoms with Crippen molar-refractivity contribution in [3.8, 4) is 18.1 Å². The van der Waals surface area contributed by atoms with Gasteiger partial charge in [-0.3, -0.25) is 9.69 Å². The molecule has 0 amide bonds. The minimum Gasteiger partial charge on any atom is -0.489 e. The third kappa shape index (κ3) is 8.37. The number of hydrogen-bond acceptors (Lipinski definition) is 4. The molecule has 1 fully saturated rings. The van der Waals surface area contributed by atoms with Crippen molar-refractivity contribution in [1.29, 1.82) is 0 Å².